The van der Waals surface area contributed by atoms with Gasteiger partial charge in [0.25, 0.3) is 0 Å². The lowest BCUT2D eigenvalue weighted by Crippen LogP contribution is -2.31. The molecule has 1 aromatic rings. The van der Waals surface area contributed by atoms with Crippen LogP contribution in [0.2, 0.25) is 0 Å². The second-order valence-electron chi connectivity index (χ2n) is 5.35. The lowest BCUT2D eigenvalue weighted by molar-refractivity contribution is 0.314. The van der Waals surface area contributed by atoms with Gasteiger partial charge in [-0.2, -0.15) is 0 Å². The molecule has 1 aromatic heterocycles. The molecule has 2 rings (SSSR count). The molecule has 1 unspecified atom stereocenters. The average Bonchev–Trinajstić information content (AvgIpc) is 2.95. The van der Waals surface area contributed by atoms with Crippen LogP contribution >= 0.6 is 0 Å². The van der Waals surface area contributed by atoms with Crippen LogP contribution in [-0.2, 0) is 6.42 Å². The monoisotopic (exact) mass is 236 g/mol. The fourth-order valence-electron chi connectivity index (χ4n) is 2.41. The molecular weight excluding hydrogens is 212 g/mol. The Balaban J connectivity index is 1.64. The molecule has 1 N–H and O–H groups in total. The maximum absolute atomic E-state index is 5.36. The van der Waals surface area contributed by atoms with E-state index in [1.54, 1.807) is 6.26 Å². The zero-order valence-corrected chi connectivity index (χ0v) is 11.0. The topological polar surface area (TPSA) is 28.4 Å². The second-order valence-corrected chi connectivity index (χ2v) is 5.35. The third-order valence-electron chi connectivity index (χ3n) is 3.44. The standard InChI is InChI=1S/C14H24N2O/c1-12(2)15-10-13-5-7-16(11-13)8-6-14-4-3-9-17-14/h3-4,9,12-13,15H,5-8,10-11H2,1-2H3. The lowest BCUT2D eigenvalue weighted by atomic mass is 10.1. The van der Waals surface area contributed by atoms with Crippen molar-refractivity contribution in [1.29, 1.82) is 0 Å². The van der Waals surface area contributed by atoms with Crippen molar-refractivity contribution in [3.05, 3.63) is 24.2 Å². The van der Waals surface area contributed by atoms with E-state index in [9.17, 15) is 0 Å². The molecule has 1 aliphatic rings. The van der Waals surface area contributed by atoms with Crippen LogP contribution in [0.5, 0.6) is 0 Å². The zero-order valence-electron chi connectivity index (χ0n) is 11.0. The summed E-state index contributed by atoms with van der Waals surface area (Å²) in [6.45, 7) is 9.19. The van der Waals surface area contributed by atoms with E-state index in [1.165, 1.54) is 19.5 Å². The van der Waals surface area contributed by atoms with Crippen molar-refractivity contribution in [2.24, 2.45) is 5.92 Å². The first kappa shape index (κ1) is 12.7. The van der Waals surface area contributed by atoms with E-state index in [1.807, 2.05) is 6.07 Å². The van der Waals surface area contributed by atoms with Gasteiger partial charge in [0.1, 0.15) is 5.76 Å². The molecule has 0 saturated carbocycles. The maximum Gasteiger partial charge on any atom is 0.105 e. The van der Waals surface area contributed by atoms with Crippen LogP contribution < -0.4 is 5.32 Å². The second kappa shape index (κ2) is 6.22. The van der Waals surface area contributed by atoms with Crippen LogP contribution in [0.25, 0.3) is 0 Å². The van der Waals surface area contributed by atoms with Crippen LogP contribution in [0.3, 0.4) is 0 Å². The van der Waals surface area contributed by atoms with E-state index in [4.69, 9.17) is 4.42 Å². The molecule has 0 aromatic carbocycles. The van der Waals surface area contributed by atoms with Gasteiger partial charge in [-0.05, 0) is 37.6 Å². The summed E-state index contributed by atoms with van der Waals surface area (Å²) < 4.78 is 5.36. The largest absolute Gasteiger partial charge is 0.469 e. The van der Waals surface area contributed by atoms with E-state index in [2.05, 4.69) is 30.1 Å². The van der Waals surface area contributed by atoms with Gasteiger partial charge in [0.05, 0.1) is 6.26 Å². The van der Waals surface area contributed by atoms with Gasteiger partial charge in [-0.1, -0.05) is 13.8 Å². The summed E-state index contributed by atoms with van der Waals surface area (Å²) in [5.41, 5.74) is 0. The first-order valence-electron chi connectivity index (χ1n) is 6.72. The third kappa shape index (κ3) is 4.17. The minimum Gasteiger partial charge on any atom is -0.469 e. The zero-order chi connectivity index (χ0) is 12.1. The van der Waals surface area contributed by atoms with Gasteiger partial charge in [-0.25, -0.2) is 0 Å². The van der Waals surface area contributed by atoms with E-state index < -0.39 is 0 Å². The van der Waals surface area contributed by atoms with Gasteiger partial charge in [0.2, 0.25) is 0 Å². The Morgan fingerprint density at radius 3 is 3.12 bits per heavy atom. The molecular formula is C14H24N2O. The molecule has 3 heteroatoms. The highest BCUT2D eigenvalue weighted by atomic mass is 16.3. The van der Waals surface area contributed by atoms with Gasteiger partial charge >= 0.3 is 0 Å². The molecule has 0 aliphatic carbocycles. The van der Waals surface area contributed by atoms with Crippen molar-refractivity contribution in [1.82, 2.24) is 10.2 Å². The molecule has 1 aliphatic heterocycles. The number of hydrogen-bond donors (Lipinski definition) is 1. The SMILES string of the molecule is CC(C)NCC1CCN(CCc2ccco2)C1. The summed E-state index contributed by atoms with van der Waals surface area (Å²) in [5.74, 6) is 1.93. The Morgan fingerprint density at radius 1 is 1.53 bits per heavy atom. The number of furan rings is 1. The molecule has 0 amide bonds. The van der Waals surface area contributed by atoms with Crippen molar-refractivity contribution in [3.8, 4) is 0 Å². The Morgan fingerprint density at radius 2 is 2.41 bits per heavy atom. The van der Waals surface area contributed by atoms with E-state index in [0.29, 0.717) is 6.04 Å². The molecule has 3 nitrogen and oxygen atoms in total. The Labute approximate surface area is 104 Å². The lowest BCUT2D eigenvalue weighted by Gasteiger charge is -2.16. The van der Waals surface area contributed by atoms with Crippen molar-refractivity contribution < 1.29 is 4.42 Å². The van der Waals surface area contributed by atoms with Gasteiger partial charge in [0, 0.05) is 25.6 Å². The average molecular weight is 236 g/mol. The fourth-order valence-corrected chi connectivity index (χ4v) is 2.41. The molecule has 1 fully saturated rings. The molecule has 0 spiro atoms. The van der Waals surface area contributed by atoms with Crippen LogP contribution in [0.15, 0.2) is 22.8 Å². The smallest absolute Gasteiger partial charge is 0.105 e. The summed E-state index contributed by atoms with van der Waals surface area (Å²) in [7, 11) is 0. The van der Waals surface area contributed by atoms with Gasteiger partial charge in [-0.3, -0.25) is 0 Å². The number of likely N-dealkylation sites (tertiary alicyclic amines) is 1. The quantitative estimate of drug-likeness (QED) is 0.820. The highest BCUT2D eigenvalue weighted by Gasteiger charge is 2.21. The molecule has 1 atom stereocenters. The fraction of sp³-hybridized carbons (Fsp3) is 0.714. The molecule has 0 radical (unpaired) electrons. The molecule has 2 heterocycles. The number of hydrogen-bond acceptors (Lipinski definition) is 3. The predicted molar refractivity (Wildman–Crippen MR) is 70.1 cm³/mol. The van der Waals surface area contributed by atoms with Gasteiger partial charge in [0.15, 0.2) is 0 Å². The maximum atomic E-state index is 5.36. The van der Waals surface area contributed by atoms with Crippen LogP contribution in [0, 0.1) is 5.92 Å². The number of nitrogens with zero attached hydrogens (tertiary/aromatic N) is 1. The number of rotatable bonds is 6. The van der Waals surface area contributed by atoms with Crippen LogP contribution in [-0.4, -0.2) is 37.1 Å². The minimum atomic E-state index is 0.604. The molecule has 17 heavy (non-hydrogen) atoms. The third-order valence-corrected chi connectivity index (χ3v) is 3.44. The first-order valence-corrected chi connectivity index (χ1v) is 6.72. The Bertz CT molecular complexity index is 308. The van der Waals surface area contributed by atoms with Crippen LogP contribution in [0.4, 0.5) is 0 Å². The summed E-state index contributed by atoms with van der Waals surface area (Å²) in [6, 6.07) is 4.63. The van der Waals surface area contributed by atoms with E-state index >= 15 is 0 Å². The molecule has 96 valence electrons. The van der Waals surface area contributed by atoms with E-state index in [-0.39, 0.29) is 0 Å². The van der Waals surface area contributed by atoms with Crippen molar-refractivity contribution >= 4 is 0 Å². The summed E-state index contributed by atoms with van der Waals surface area (Å²) >= 11 is 0. The highest BCUT2D eigenvalue weighted by molar-refractivity contribution is 4.98. The van der Waals surface area contributed by atoms with Gasteiger partial charge < -0.3 is 14.6 Å². The van der Waals surface area contributed by atoms with Crippen LogP contribution in [0.1, 0.15) is 26.0 Å². The van der Waals surface area contributed by atoms with Crippen molar-refractivity contribution in [2.45, 2.75) is 32.7 Å². The predicted octanol–water partition coefficient (Wildman–Crippen LogP) is 2.14. The van der Waals surface area contributed by atoms with Crippen molar-refractivity contribution in [2.75, 3.05) is 26.2 Å². The number of nitrogens with one attached hydrogen (secondary N) is 1. The highest BCUT2D eigenvalue weighted by Crippen LogP contribution is 2.16. The van der Waals surface area contributed by atoms with Crippen molar-refractivity contribution in [3.63, 3.8) is 0 Å². The Kier molecular flexibility index (Phi) is 4.63. The summed E-state index contributed by atoms with van der Waals surface area (Å²) in [5, 5.41) is 3.53. The molecule has 1 saturated heterocycles. The first-order chi connectivity index (χ1) is 8.24. The van der Waals surface area contributed by atoms with E-state index in [0.717, 1.165) is 31.2 Å². The summed E-state index contributed by atoms with van der Waals surface area (Å²) in [6.07, 6.45) is 4.13. The molecule has 0 bridgehead atoms. The Hall–Kier alpha value is -0.800. The minimum absolute atomic E-state index is 0.604. The van der Waals surface area contributed by atoms with Gasteiger partial charge in [-0.15, -0.1) is 0 Å². The summed E-state index contributed by atoms with van der Waals surface area (Å²) in [4.78, 5) is 2.55. The normalized spacial score (nSPS) is 21.5.